The number of aryl methyl sites for hydroxylation is 2. The van der Waals surface area contributed by atoms with Crippen LogP contribution in [0.25, 0.3) is 0 Å². The molecule has 1 N–H and O–H groups in total. The number of amides is 1. The minimum atomic E-state index is -0.289. The summed E-state index contributed by atoms with van der Waals surface area (Å²) in [6.07, 6.45) is 1.21. The number of halogens is 2. The SMILES string of the molecule is Cc1cc2c(cc1C)N=C(c1ccc(F)cc1)CC(SCC(=O)NCCc1ccc(Cl)cc1)=N2. The van der Waals surface area contributed by atoms with E-state index in [9.17, 15) is 9.18 Å². The van der Waals surface area contributed by atoms with Gasteiger partial charge in [-0.15, -0.1) is 11.8 Å². The van der Waals surface area contributed by atoms with Crippen molar-refractivity contribution in [2.24, 2.45) is 9.98 Å². The van der Waals surface area contributed by atoms with Gasteiger partial charge in [-0.25, -0.2) is 9.38 Å². The minimum Gasteiger partial charge on any atom is -0.355 e. The lowest BCUT2D eigenvalue weighted by atomic mass is 10.1. The predicted molar refractivity (Wildman–Crippen MR) is 141 cm³/mol. The summed E-state index contributed by atoms with van der Waals surface area (Å²) in [5, 5.41) is 4.47. The van der Waals surface area contributed by atoms with Gasteiger partial charge in [0.2, 0.25) is 5.91 Å². The van der Waals surface area contributed by atoms with E-state index < -0.39 is 0 Å². The van der Waals surface area contributed by atoms with Crippen LogP contribution in [0.1, 0.15) is 28.7 Å². The minimum absolute atomic E-state index is 0.0495. The zero-order valence-electron chi connectivity index (χ0n) is 19.1. The average Bonchev–Trinajstić information content (AvgIpc) is 2.99. The van der Waals surface area contributed by atoms with Gasteiger partial charge in [-0.05, 0) is 78.9 Å². The first-order valence-corrected chi connectivity index (χ1v) is 12.4. The number of fused-ring (bicyclic) bond motifs is 1. The molecule has 0 spiro atoms. The fourth-order valence-electron chi connectivity index (χ4n) is 3.56. The highest BCUT2D eigenvalue weighted by Crippen LogP contribution is 2.36. The van der Waals surface area contributed by atoms with Crippen LogP contribution >= 0.6 is 23.4 Å². The van der Waals surface area contributed by atoms with Crippen LogP contribution in [0.4, 0.5) is 15.8 Å². The Balaban J connectivity index is 1.45. The molecule has 0 fully saturated rings. The van der Waals surface area contributed by atoms with Crippen LogP contribution in [0.2, 0.25) is 5.02 Å². The van der Waals surface area contributed by atoms with Crippen molar-refractivity contribution in [3.8, 4) is 0 Å². The Morgan fingerprint density at radius 2 is 1.65 bits per heavy atom. The van der Waals surface area contributed by atoms with E-state index in [2.05, 4.69) is 5.32 Å². The van der Waals surface area contributed by atoms with Crippen molar-refractivity contribution in [3.63, 3.8) is 0 Å². The Morgan fingerprint density at radius 1 is 1.00 bits per heavy atom. The van der Waals surface area contributed by atoms with Crippen molar-refractivity contribution < 1.29 is 9.18 Å². The molecule has 0 unspecified atom stereocenters. The van der Waals surface area contributed by atoms with Crippen molar-refractivity contribution in [2.75, 3.05) is 12.3 Å². The van der Waals surface area contributed by atoms with Crippen LogP contribution in [-0.2, 0) is 11.2 Å². The van der Waals surface area contributed by atoms with Gasteiger partial charge in [0.05, 0.1) is 27.9 Å². The molecule has 0 aromatic heterocycles. The molecule has 1 aliphatic heterocycles. The van der Waals surface area contributed by atoms with Gasteiger partial charge in [-0.2, -0.15) is 0 Å². The Bertz CT molecular complexity index is 1250. The monoisotopic (exact) mass is 493 g/mol. The number of carbonyl (C=O) groups is 1. The number of nitrogens with zero attached hydrogens (tertiary/aromatic N) is 2. The smallest absolute Gasteiger partial charge is 0.230 e. The maximum atomic E-state index is 13.5. The van der Waals surface area contributed by atoms with Crippen LogP contribution in [0.5, 0.6) is 0 Å². The van der Waals surface area contributed by atoms with E-state index in [0.717, 1.165) is 50.8 Å². The number of hydrogen-bond acceptors (Lipinski definition) is 4. The molecule has 7 heteroatoms. The summed E-state index contributed by atoms with van der Waals surface area (Å²) in [5.74, 6) is -0.0778. The third-order valence-electron chi connectivity index (χ3n) is 5.61. The summed E-state index contributed by atoms with van der Waals surface area (Å²) in [6.45, 7) is 4.64. The molecular weight excluding hydrogens is 469 g/mol. The third kappa shape index (κ3) is 6.33. The maximum absolute atomic E-state index is 13.5. The molecule has 174 valence electrons. The molecule has 1 amide bonds. The fourth-order valence-corrected chi connectivity index (χ4v) is 4.48. The molecule has 1 aliphatic rings. The van der Waals surface area contributed by atoms with E-state index in [-0.39, 0.29) is 17.5 Å². The second-order valence-electron chi connectivity index (χ2n) is 8.19. The number of aliphatic imine (C=N–C) groups is 2. The molecule has 0 saturated carbocycles. The number of nitrogens with one attached hydrogen (secondary N) is 1. The van der Waals surface area contributed by atoms with Gasteiger partial charge in [-0.3, -0.25) is 9.79 Å². The molecule has 0 bridgehead atoms. The highest BCUT2D eigenvalue weighted by atomic mass is 35.5. The van der Waals surface area contributed by atoms with E-state index in [1.54, 1.807) is 12.1 Å². The number of benzene rings is 3. The molecule has 1 heterocycles. The van der Waals surface area contributed by atoms with Crippen molar-refractivity contribution in [1.82, 2.24) is 5.32 Å². The molecular formula is C27H25ClFN3OS. The largest absolute Gasteiger partial charge is 0.355 e. The first kappa shape index (κ1) is 24.2. The maximum Gasteiger partial charge on any atom is 0.230 e. The topological polar surface area (TPSA) is 53.8 Å². The molecule has 3 aromatic carbocycles. The quantitative estimate of drug-likeness (QED) is 0.413. The summed E-state index contributed by atoms with van der Waals surface area (Å²) >= 11 is 7.33. The molecule has 34 heavy (non-hydrogen) atoms. The van der Waals surface area contributed by atoms with Crippen LogP contribution in [0, 0.1) is 19.7 Å². The van der Waals surface area contributed by atoms with Crippen molar-refractivity contribution >= 4 is 51.4 Å². The summed E-state index contributed by atoms with van der Waals surface area (Å²) in [6, 6.07) is 18.0. The second kappa shape index (κ2) is 11.0. The fraction of sp³-hybridized carbons (Fsp3) is 0.222. The molecule has 3 aromatic rings. The molecule has 0 radical (unpaired) electrons. The zero-order chi connectivity index (χ0) is 24.1. The van der Waals surface area contributed by atoms with E-state index in [0.29, 0.717) is 18.0 Å². The lowest BCUT2D eigenvalue weighted by Crippen LogP contribution is -2.27. The molecule has 4 nitrogen and oxygen atoms in total. The van der Waals surface area contributed by atoms with Gasteiger partial charge in [0.15, 0.2) is 0 Å². The van der Waals surface area contributed by atoms with Crippen LogP contribution in [0.3, 0.4) is 0 Å². The van der Waals surface area contributed by atoms with Crippen LogP contribution in [-0.4, -0.2) is 29.0 Å². The normalized spacial score (nSPS) is 12.9. The number of thioether (sulfide) groups is 1. The van der Waals surface area contributed by atoms with Gasteiger partial charge < -0.3 is 5.32 Å². The Morgan fingerprint density at radius 3 is 2.32 bits per heavy atom. The standard InChI is InChI=1S/C27H25ClFN3OS/c1-17-13-24-25(14-18(17)2)32-27(15-23(31-24)20-5-9-22(29)10-6-20)34-16-26(33)30-12-11-19-3-7-21(28)8-4-19/h3-10,13-14H,11-12,15-16H2,1-2H3,(H,30,33). The van der Waals surface area contributed by atoms with Gasteiger partial charge in [0.25, 0.3) is 0 Å². The van der Waals surface area contributed by atoms with Crippen LogP contribution in [0.15, 0.2) is 70.6 Å². The molecule has 0 saturated heterocycles. The number of carbonyl (C=O) groups excluding carboxylic acids is 1. The summed E-state index contributed by atoms with van der Waals surface area (Å²) in [5.41, 5.74) is 6.59. The van der Waals surface area contributed by atoms with Gasteiger partial charge >= 0.3 is 0 Å². The first-order valence-electron chi connectivity index (χ1n) is 11.0. The summed E-state index contributed by atoms with van der Waals surface area (Å²) in [4.78, 5) is 22.2. The van der Waals surface area contributed by atoms with Crippen molar-refractivity contribution in [3.05, 3.63) is 93.8 Å². The van der Waals surface area contributed by atoms with Crippen LogP contribution < -0.4 is 5.32 Å². The van der Waals surface area contributed by atoms with Crippen molar-refractivity contribution in [2.45, 2.75) is 26.7 Å². The Hall–Kier alpha value is -2.96. The van der Waals surface area contributed by atoms with Gasteiger partial charge in [0.1, 0.15) is 5.82 Å². The molecule has 0 atom stereocenters. The molecule has 0 aliphatic carbocycles. The summed E-state index contributed by atoms with van der Waals surface area (Å²) < 4.78 is 13.5. The van der Waals surface area contributed by atoms with Gasteiger partial charge in [0, 0.05) is 18.0 Å². The molecule has 4 rings (SSSR count). The third-order valence-corrected chi connectivity index (χ3v) is 6.83. The highest BCUT2D eigenvalue weighted by Gasteiger charge is 2.17. The van der Waals surface area contributed by atoms with E-state index in [4.69, 9.17) is 21.6 Å². The highest BCUT2D eigenvalue weighted by molar-refractivity contribution is 8.14. The lowest BCUT2D eigenvalue weighted by molar-refractivity contribution is -0.118. The van der Waals surface area contributed by atoms with Crippen molar-refractivity contribution in [1.29, 1.82) is 0 Å². The van der Waals surface area contributed by atoms with E-state index in [1.165, 1.54) is 23.9 Å². The number of hydrogen-bond donors (Lipinski definition) is 1. The number of rotatable bonds is 6. The van der Waals surface area contributed by atoms with E-state index in [1.807, 2.05) is 50.2 Å². The van der Waals surface area contributed by atoms with E-state index >= 15 is 0 Å². The Kier molecular flexibility index (Phi) is 7.80. The Labute approximate surface area is 208 Å². The zero-order valence-corrected chi connectivity index (χ0v) is 20.6. The van der Waals surface area contributed by atoms with Gasteiger partial charge in [-0.1, -0.05) is 35.9 Å². The lowest BCUT2D eigenvalue weighted by Gasteiger charge is -2.08. The average molecular weight is 494 g/mol. The second-order valence-corrected chi connectivity index (χ2v) is 9.67. The summed E-state index contributed by atoms with van der Waals surface area (Å²) in [7, 11) is 0. The predicted octanol–water partition coefficient (Wildman–Crippen LogP) is 6.74. The first-order chi connectivity index (χ1) is 16.4.